The molecule has 5 rings (SSSR count). The van der Waals surface area contributed by atoms with Crippen LogP contribution in [0, 0.1) is 0 Å². The average molecular weight is 508 g/mol. The summed E-state index contributed by atoms with van der Waals surface area (Å²) < 4.78 is 5.72. The molecule has 3 aliphatic rings. The third-order valence-electron chi connectivity index (χ3n) is 6.49. The highest BCUT2D eigenvalue weighted by atomic mass is 32.2. The summed E-state index contributed by atoms with van der Waals surface area (Å²) in [4.78, 5) is 46.5. The van der Waals surface area contributed by atoms with Crippen molar-refractivity contribution < 1.29 is 19.1 Å². The normalized spacial score (nSPS) is 22.6. The number of urea groups is 1. The molecule has 1 aromatic carbocycles. The summed E-state index contributed by atoms with van der Waals surface area (Å²) in [5.41, 5.74) is 2.26. The molecule has 10 heteroatoms. The third-order valence-corrected chi connectivity index (χ3v) is 7.77. The fourth-order valence-electron chi connectivity index (χ4n) is 4.93. The van der Waals surface area contributed by atoms with Crippen LogP contribution < -0.4 is 20.3 Å². The fourth-order valence-corrected chi connectivity index (χ4v) is 6.17. The van der Waals surface area contributed by atoms with Gasteiger partial charge in [-0.2, -0.15) is 0 Å². The zero-order valence-electron chi connectivity index (χ0n) is 20.3. The standard InChI is InChI=1S/C26H29N5O4S/c1-4-20(32)30-13-5-6-16(14-30)28-24(33)23-22-21-19(11-12-27-25(21)36-23)31(26(34)29-22)17-7-9-18(10-8-17)35-15(2)3/h4,7-12,15-16,22-23H,1,5-6,13-14H2,2-3H3,(H,28,33)(H,29,34)/t16?,22?,23-/m1/s1. The Morgan fingerprint density at radius 3 is 2.78 bits per heavy atom. The molecule has 4 heterocycles. The van der Waals surface area contributed by atoms with Gasteiger partial charge in [-0.3, -0.25) is 14.5 Å². The topological polar surface area (TPSA) is 104 Å². The van der Waals surface area contributed by atoms with Gasteiger partial charge < -0.3 is 20.3 Å². The summed E-state index contributed by atoms with van der Waals surface area (Å²) in [6, 6.07) is 8.24. The monoisotopic (exact) mass is 507 g/mol. The number of nitrogens with one attached hydrogen (secondary N) is 2. The Labute approximate surface area is 214 Å². The molecule has 1 aromatic heterocycles. The van der Waals surface area contributed by atoms with Crippen LogP contribution in [0.15, 0.2) is 54.2 Å². The fraction of sp³-hybridized carbons (Fsp3) is 0.385. The van der Waals surface area contributed by atoms with Crippen molar-refractivity contribution in [2.24, 2.45) is 0 Å². The van der Waals surface area contributed by atoms with Gasteiger partial charge in [0.05, 0.1) is 23.5 Å². The molecule has 2 unspecified atom stereocenters. The number of nitrogens with zero attached hydrogens (tertiary/aromatic N) is 3. The highest BCUT2D eigenvalue weighted by Gasteiger charge is 2.47. The van der Waals surface area contributed by atoms with Crippen molar-refractivity contribution in [2.45, 2.75) is 55.2 Å². The molecule has 36 heavy (non-hydrogen) atoms. The van der Waals surface area contributed by atoms with E-state index in [9.17, 15) is 14.4 Å². The highest BCUT2D eigenvalue weighted by Crippen LogP contribution is 2.50. The molecule has 0 saturated carbocycles. The minimum absolute atomic E-state index is 0.0534. The second-order valence-corrected chi connectivity index (χ2v) is 10.5. The lowest BCUT2D eigenvalue weighted by Crippen LogP contribution is -2.53. The Hall–Kier alpha value is -3.53. The van der Waals surface area contributed by atoms with Crippen LogP contribution in [0.5, 0.6) is 5.75 Å². The number of likely N-dealkylation sites (tertiary alicyclic amines) is 1. The first-order valence-corrected chi connectivity index (χ1v) is 13.0. The average Bonchev–Trinajstić information content (AvgIpc) is 3.24. The van der Waals surface area contributed by atoms with E-state index in [2.05, 4.69) is 22.2 Å². The largest absolute Gasteiger partial charge is 0.491 e. The first kappa shape index (κ1) is 24.2. The van der Waals surface area contributed by atoms with Gasteiger partial charge in [0.25, 0.3) is 0 Å². The smallest absolute Gasteiger partial charge is 0.327 e. The van der Waals surface area contributed by atoms with Crippen LogP contribution in [0.25, 0.3) is 0 Å². The summed E-state index contributed by atoms with van der Waals surface area (Å²) in [6.45, 7) is 8.58. The molecule has 0 spiro atoms. The van der Waals surface area contributed by atoms with Crippen molar-refractivity contribution in [2.75, 3.05) is 18.0 Å². The molecule has 2 aromatic rings. The molecule has 1 saturated heterocycles. The number of pyridine rings is 1. The predicted octanol–water partition coefficient (Wildman–Crippen LogP) is 3.54. The van der Waals surface area contributed by atoms with Gasteiger partial charge >= 0.3 is 6.03 Å². The maximum absolute atomic E-state index is 13.4. The molecule has 1 fully saturated rings. The molecule has 3 aliphatic heterocycles. The van der Waals surface area contributed by atoms with E-state index in [0.717, 1.165) is 34.9 Å². The molecule has 188 valence electrons. The van der Waals surface area contributed by atoms with E-state index >= 15 is 0 Å². The molecule has 4 amide bonds. The lowest BCUT2D eigenvalue weighted by molar-refractivity contribution is -0.129. The van der Waals surface area contributed by atoms with Crippen LogP contribution in [-0.2, 0) is 9.59 Å². The number of carbonyl (C=O) groups excluding carboxylic acids is 3. The number of piperidine rings is 1. The van der Waals surface area contributed by atoms with E-state index in [1.807, 2.05) is 44.2 Å². The summed E-state index contributed by atoms with van der Waals surface area (Å²) in [7, 11) is 0. The van der Waals surface area contributed by atoms with Gasteiger partial charge in [0, 0.05) is 30.9 Å². The second kappa shape index (κ2) is 9.85. The van der Waals surface area contributed by atoms with Crippen LogP contribution in [0.1, 0.15) is 38.3 Å². The van der Waals surface area contributed by atoms with Crippen LogP contribution in [0.4, 0.5) is 16.2 Å². The lowest BCUT2D eigenvalue weighted by Gasteiger charge is -2.35. The van der Waals surface area contributed by atoms with Crippen molar-refractivity contribution >= 4 is 41.0 Å². The lowest BCUT2D eigenvalue weighted by atomic mass is 9.99. The van der Waals surface area contributed by atoms with E-state index in [0.29, 0.717) is 18.8 Å². The number of hydrogen-bond acceptors (Lipinski definition) is 6. The maximum Gasteiger partial charge on any atom is 0.327 e. The number of hydrogen-bond donors (Lipinski definition) is 2. The molecular formula is C26H29N5O4S. The van der Waals surface area contributed by atoms with Gasteiger partial charge in [0.1, 0.15) is 16.0 Å². The Morgan fingerprint density at radius 2 is 2.06 bits per heavy atom. The van der Waals surface area contributed by atoms with Crippen LogP contribution in [0.3, 0.4) is 0 Å². The van der Waals surface area contributed by atoms with Gasteiger partial charge in [0.2, 0.25) is 11.8 Å². The highest BCUT2D eigenvalue weighted by molar-refractivity contribution is 8.01. The number of rotatable bonds is 6. The first-order chi connectivity index (χ1) is 17.4. The summed E-state index contributed by atoms with van der Waals surface area (Å²) in [6.07, 6.45) is 4.62. The van der Waals surface area contributed by atoms with E-state index in [1.54, 1.807) is 16.0 Å². The van der Waals surface area contributed by atoms with E-state index in [4.69, 9.17) is 4.74 Å². The number of thioether (sulfide) groups is 1. The minimum Gasteiger partial charge on any atom is -0.491 e. The van der Waals surface area contributed by atoms with Crippen molar-refractivity contribution in [1.29, 1.82) is 0 Å². The number of amides is 4. The zero-order chi connectivity index (χ0) is 25.4. The molecule has 3 atom stereocenters. The number of ether oxygens (including phenoxy) is 1. The Balaban J connectivity index is 1.35. The van der Waals surface area contributed by atoms with Crippen molar-refractivity contribution in [3.05, 3.63) is 54.7 Å². The summed E-state index contributed by atoms with van der Waals surface area (Å²) in [5, 5.41) is 6.31. The Kier molecular flexibility index (Phi) is 6.61. The number of benzene rings is 1. The van der Waals surface area contributed by atoms with Crippen molar-refractivity contribution in [1.82, 2.24) is 20.5 Å². The number of aromatic nitrogens is 1. The summed E-state index contributed by atoms with van der Waals surface area (Å²) in [5.74, 6) is 0.428. The molecular weight excluding hydrogens is 478 g/mol. The molecule has 0 bridgehead atoms. The molecule has 0 aliphatic carbocycles. The van der Waals surface area contributed by atoms with Crippen LogP contribution >= 0.6 is 11.8 Å². The van der Waals surface area contributed by atoms with E-state index in [-0.39, 0.29) is 30.0 Å². The zero-order valence-corrected chi connectivity index (χ0v) is 21.1. The first-order valence-electron chi connectivity index (χ1n) is 12.1. The maximum atomic E-state index is 13.4. The van der Waals surface area contributed by atoms with Crippen molar-refractivity contribution in [3.63, 3.8) is 0 Å². The predicted molar refractivity (Wildman–Crippen MR) is 137 cm³/mol. The van der Waals surface area contributed by atoms with Crippen molar-refractivity contribution in [3.8, 4) is 5.75 Å². The SMILES string of the molecule is C=CC(=O)N1CCCC(NC(=O)[C@@H]2Sc3nccc4c3C2NC(=O)N4c2ccc(OC(C)C)cc2)C1. The second-order valence-electron chi connectivity index (χ2n) is 9.35. The van der Waals surface area contributed by atoms with Gasteiger partial charge in [-0.1, -0.05) is 18.3 Å². The Bertz CT molecular complexity index is 1200. The van der Waals surface area contributed by atoms with E-state index in [1.165, 1.54) is 17.8 Å². The Morgan fingerprint density at radius 1 is 1.28 bits per heavy atom. The van der Waals surface area contributed by atoms with Gasteiger partial charge in [-0.05, 0) is 63.1 Å². The molecule has 2 N–H and O–H groups in total. The van der Waals surface area contributed by atoms with Gasteiger partial charge in [-0.15, -0.1) is 0 Å². The van der Waals surface area contributed by atoms with Crippen LogP contribution in [0.2, 0.25) is 0 Å². The van der Waals surface area contributed by atoms with Gasteiger partial charge in [0.15, 0.2) is 0 Å². The minimum atomic E-state index is -0.549. The number of carbonyl (C=O) groups is 3. The summed E-state index contributed by atoms with van der Waals surface area (Å²) >= 11 is 1.36. The number of anilines is 2. The van der Waals surface area contributed by atoms with Crippen LogP contribution in [-0.4, -0.2) is 58.2 Å². The molecule has 0 radical (unpaired) electrons. The quantitative estimate of drug-likeness (QED) is 0.580. The molecule has 9 nitrogen and oxygen atoms in total. The van der Waals surface area contributed by atoms with E-state index < -0.39 is 11.3 Å². The third kappa shape index (κ3) is 4.53. The van der Waals surface area contributed by atoms with Gasteiger partial charge in [-0.25, -0.2) is 9.78 Å².